The third-order valence-corrected chi connectivity index (χ3v) is 6.38. The van der Waals surface area contributed by atoms with Crippen LogP contribution in [0.3, 0.4) is 0 Å². The Morgan fingerprint density at radius 1 is 0.900 bits per heavy atom. The van der Waals surface area contributed by atoms with E-state index in [4.69, 9.17) is 0 Å². The van der Waals surface area contributed by atoms with E-state index in [2.05, 4.69) is 80.6 Å². The van der Waals surface area contributed by atoms with E-state index in [0.29, 0.717) is 0 Å². The van der Waals surface area contributed by atoms with Gasteiger partial charge < -0.3 is 4.98 Å². The zero-order chi connectivity index (χ0) is 20.1. The summed E-state index contributed by atoms with van der Waals surface area (Å²) in [6.45, 7) is 2.13. The van der Waals surface area contributed by atoms with Gasteiger partial charge in [0.05, 0.1) is 11.2 Å². The minimum absolute atomic E-state index is 0.869. The summed E-state index contributed by atoms with van der Waals surface area (Å²) in [5, 5.41) is 9.93. The molecule has 0 saturated heterocycles. The van der Waals surface area contributed by atoms with E-state index in [-0.39, 0.29) is 0 Å². The number of thiophene rings is 1. The van der Waals surface area contributed by atoms with E-state index in [9.17, 15) is 0 Å². The summed E-state index contributed by atoms with van der Waals surface area (Å²) in [7, 11) is 0. The van der Waals surface area contributed by atoms with Gasteiger partial charge in [0.25, 0.3) is 0 Å². The number of hydrogen-bond donors (Lipinski definition) is 2. The maximum Gasteiger partial charge on any atom is 0.138 e. The molecule has 144 valence electrons. The van der Waals surface area contributed by atoms with Crippen LogP contribution >= 0.6 is 11.3 Å². The van der Waals surface area contributed by atoms with E-state index >= 15 is 0 Å². The van der Waals surface area contributed by atoms with Gasteiger partial charge in [-0.2, -0.15) is 5.10 Å². The molecule has 2 N–H and O–H groups in total. The van der Waals surface area contributed by atoms with Crippen molar-refractivity contribution in [3.63, 3.8) is 0 Å². The van der Waals surface area contributed by atoms with Crippen molar-refractivity contribution in [2.75, 3.05) is 0 Å². The van der Waals surface area contributed by atoms with Crippen molar-refractivity contribution >= 4 is 33.3 Å². The van der Waals surface area contributed by atoms with Gasteiger partial charge in [0, 0.05) is 50.2 Å². The third-order valence-electron chi connectivity index (χ3n) is 5.35. The Hall–Kier alpha value is -3.77. The van der Waals surface area contributed by atoms with Crippen molar-refractivity contribution in [3.05, 3.63) is 78.1 Å². The van der Waals surface area contributed by atoms with Gasteiger partial charge in [0.15, 0.2) is 0 Å². The Labute approximate surface area is 176 Å². The maximum atomic E-state index is 4.61. The average Bonchev–Trinajstić information content (AvgIpc) is 3.51. The monoisotopic (exact) mass is 407 g/mol. The normalized spacial score (nSPS) is 11.5. The second-order valence-corrected chi connectivity index (χ2v) is 8.58. The summed E-state index contributed by atoms with van der Waals surface area (Å²) < 4.78 is 0. The molecule has 0 aliphatic rings. The summed E-state index contributed by atoms with van der Waals surface area (Å²) in [4.78, 5) is 14.8. The molecule has 0 bridgehead atoms. The number of aromatic nitrogens is 5. The molecule has 0 fully saturated rings. The van der Waals surface area contributed by atoms with Gasteiger partial charge >= 0.3 is 0 Å². The summed E-state index contributed by atoms with van der Waals surface area (Å²) in [6, 6.07) is 18.9. The lowest BCUT2D eigenvalue weighted by Crippen LogP contribution is -1.81. The molecule has 0 unspecified atom stereocenters. The minimum Gasteiger partial charge on any atom is -0.338 e. The Balaban J connectivity index is 1.52. The first-order valence-corrected chi connectivity index (χ1v) is 10.5. The summed E-state index contributed by atoms with van der Waals surface area (Å²) >= 11 is 1.80. The first-order chi connectivity index (χ1) is 14.8. The van der Waals surface area contributed by atoms with Gasteiger partial charge in [-0.3, -0.25) is 10.1 Å². The minimum atomic E-state index is 0.869. The van der Waals surface area contributed by atoms with Crippen LogP contribution in [-0.2, 0) is 0 Å². The number of pyridine rings is 2. The summed E-state index contributed by atoms with van der Waals surface area (Å²) in [5.74, 6) is 0. The molecule has 6 aromatic rings. The molecule has 0 spiro atoms. The number of nitrogens with one attached hydrogen (secondary N) is 2. The highest BCUT2D eigenvalue weighted by atomic mass is 32.1. The van der Waals surface area contributed by atoms with Crippen LogP contribution in [0.1, 0.15) is 4.88 Å². The topological polar surface area (TPSA) is 70.2 Å². The van der Waals surface area contributed by atoms with Crippen LogP contribution in [0.2, 0.25) is 0 Å². The second-order valence-electron chi connectivity index (χ2n) is 7.29. The molecule has 5 nitrogen and oxygen atoms in total. The highest BCUT2D eigenvalue weighted by molar-refractivity contribution is 7.15. The number of hydrogen-bond acceptors (Lipinski definition) is 4. The zero-order valence-corrected chi connectivity index (χ0v) is 17.0. The number of nitrogens with zero attached hydrogens (tertiary/aromatic N) is 3. The second kappa shape index (κ2) is 6.64. The number of fused-ring (bicyclic) bond motifs is 2. The molecule has 6 rings (SSSR count). The molecule has 1 aromatic carbocycles. The first-order valence-electron chi connectivity index (χ1n) is 9.70. The lowest BCUT2D eigenvalue weighted by atomic mass is 10.0. The molecule has 0 radical (unpaired) electrons. The van der Waals surface area contributed by atoms with Crippen molar-refractivity contribution in [2.45, 2.75) is 6.92 Å². The Bertz CT molecular complexity index is 1510. The van der Waals surface area contributed by atoms with Gasteiger partial charge in [0.2, 0.25) is 0 Å². The molecule has 0 saturated carbocycles. The lowest BCUT2D eigenvalue weighted by molar-refractivity contribution is 1.12. The molecular formula is C24H17N5S. The highest BCUT2D eigenvalue weighted by Crippen LogP contribution is 2.36. The van der Waals surface area contributed by atoms with Gasteiger partial charge in [-0.1, -0.05) is 12.1 Å². The highest BCUT2D eigenvalue weighted by Gasteiger charge is 2.15. The largest absolute Gasteiger partial charge is 0.338 e. The van der Waals surface area contributed by atoms with Gasteiger partial charge in [-0.25, -0.2) is 4.98 Å². The molecule has 0 aliphatic heterocycles. The molecule has 0 aliphatic carbocycles. The van der Waals surface area contributed by atoms with E-state index in [0.717, 1.165) is 44.5 Å². The van der Waals surface area contributed by atoms with Crippen molar-refractivity contribution in [2.24, 2.45) is 0 Å². The van der Waals surface area contributed by atoms with E-state index in [1.165, 1.54) is 15.3 Å². The average molecular weight is 408 g/mol. The van der Waals surface area contributed by atoms with Crippen LogP contribution in [0.4, 0.5) is 0 Å². The number of aromatic amines is 2. The van der Waals surface area contributed by atoms with Crippen LogP contribution in [0.5, 0.6) is 0 Å². The molecular weight excluding hydrogens is 390 g/mol. The molecule has 0 amide bonds. The number of benzene rings is 1. The lowest BCUT2D eigenvalue weighted by Gasteiger charge is -2.01. The Morgan fingerprint density at radius 3 is 2.70 bits per heavy atom. The number of aryl methyl sites for hydroxylation is 1. The fourth-order valence-corrected chi connectivity index (χ4v) is 4.79. The van der Waals surface area contributed by atoms with E-state index < -0.39 is 0 Å². The maximum absolute atomic E-state index is 4.61. The van der Waals surface area contributed by atoms with Crippen LogP contribution in [0.25, 0.3) is 54.9 Å². The summed E-state index contributed by atoms with van der Waals surface area (Å²) in [5.41, 5.74) is 7.10. The van der Waals surface area contributed by atoms with Gasteiger partial charge in [0.1, 0.15) is 11.3 Å². The quantitative estimate of drug-likeness (QED) is 0.367. The van der Waals surface area contributed by atoms with Crippen molar-refractivity contribution in [1.82, 2.24) is 25.1 Å². The summed E-state index contributed by atoms with van der Waals surface area (Å²) in [6.07, 6.45) is 5.52. The standard InChI is InChI=1S/C24H17N5S/c1-14-4-7-22(30-14)17-8-10-26-24-18(17)12-21(27-24)23-19-11-15(5-6-20(19)28-29-23)16-3-2-9-25-13-16/h2-13H,1H3,(H,26,27)(H,28,29). The van der Waals surface area contributed by atoms with E-state index in [1.54, 1.807) is 17.5 Å². The fourth-order valence-electron chi connectivity index (χ4n) is 3.88. The Kier molecular flexibility index (Phi) is 3.79. The van der Waals surface area contributed by atoms with Crippen molar-refractivity contribution in [1.29, 1.82) is 0 Å². The van der Waals surface area contributed by atoms with Crippen LogP contribution in [0, 0.1) is 6.92 Å². The van der Waals surface area contributed by atoms with Gasteiger partial charge in [-0.15, -0.1) is 11.3 Å². The first kappa shape index (κ1) is 17.1. The predicted molar refractivity (Wildman–Crippen MR) is 122 cm³/mol. The molecule has 5 aromatic heterocycles. The molecule has 5 heterocycles. The third kappa shape index (κ3) is 2.73. The molecule has 6 heteroatoms. The molecule has 0 atom stereocenters. The van der Waals surface area contributed by atoms with Crippen LogP contribution in [0.15, 0.2) is 73.2 Å². The van der Waals surface area contributed by atoms with Crippen molar-refractivity contribution < 1.29 is 0 Å². The SMILES string of the molecule is Cc1ccc(-c2ccnc3[nH]c(-c4n[nH]c5ccc(-c6cccnc6)cc45)cc23)s1. The zero-order valence-electron chi connectivity index (χ0n) is 16.2. The van der Waals surface area contributed by atoms with Crippen molar-refractivity contribution in [3.8, 4) is 33.0 Å². The van der Waals surface area contributed by atoms with Crippen LogP contribution in [-0.4, -0.2) is 25.1 Å². The van der Waals surface area contributed by atoms with E-state index in [1.807, 2.05) is 18.5 Å². The predicted octanol–water partition coefficient (Wildman–Crippen LogP) is 6.21. The number of H-pyrrole nitrogens is 2. The smallest absolute Gasteiger partial charge is 0.138 e. The Morgan fingerprint density at radius 2 is 1.87 bits per heavy atom. The fraction of sp³-hybridized carbons (Fsp3) is 0.0417. The van der Waals surface area contributed by atoms with Gasteiger partial charge in [-0.05, 0) is 55.0 Å². The number of rotatable bonds is 3. The van der Waals surface area contributed by atoms with Crippen LogP contribution < -0.4 is 0 Å². The molecule has 30 heavy (non-hydrogen) atoms.